The van der Waals surface area contributed by atoms with Crippen molar-refractivity contribution in [3.63, 3.8) is 0 Å². The fraction of sp³-hybridized carbons (Fsp3) is 0.500. The van der Waals surface area contributed by atoms with Crippen molar-refractivity contribution in [2.24, 2.45) is 0 Å². The Morgan fingerprint density at radius 1 is 1.53 bits per heavy atom. The number of aliphatic hydroxyl groups is 1. The van der Waals surface area contributed by atoms with Crippen LogP contribution < -0.4 is 0 Å². The number of benzene rings is 1. The number of hydrogen-bond acceptors (Lipinski definition) is 3. The normalized spacial score (nSPS) is 12.2. The summed E-state index contributed by atoms with van der Waals surface area (Å²) in [5, 5.41) is 10.6. The van der Waals surface area contributed by atoms with Crippen LogP contribution in [0.15, 0.2) is 22.7 Å². The average Bonchev–Trinajstić information content (AvgIpc) is 2.39. The minimum absolute atomic E-state index is 0.198. The first kappa shape index (κ1) is 16.5. The summed E-state index contributed by atoms with van der Waals surface area (Å²) >= 11 is 9.24. The quantitative estimate of drug-likeness (QED) is 0.591. The lowest BCUT2D eigenvalue weighted by Gasteiger charge is -2.13. The number of aliphatic hydroxyl groups excluding tert-OH is 1. The molecule has 0 radical (unpaired) electrons. The van der Waals surface area contributed by atoms with Gasteiger partial charge in [0.25, 0.3) is 0 Å². The first-order valence-corrected chi connectivity index (χ1v) is 7.50. The van der Waals surface area contributed by atoms with Crippen molar-refractivity contribution in [2.45, 2.75) is 38.7 Å². The fourth-order valence-electron chi connectivity index (χ4n) is 1.58. The second-order valence-corrected chi connectivity index (χ2v) is 5.59. The summed E-state index contributed by atoms with van der Waals surface area (Å²) in [4.78, 5) is 11.4. The van der Waals surface area contributed by atoms with E-state index in [9.17, 15) is 9.90 Å². The van der Waals surface area contributed by atoms with Gasteiger partial charge >= 0.3 is 5.97 Å². The van der Waals surface area contributed by atoms with Crippen LogP contribution in [0.1, 0.15) is 44.3 Å². The van der Waals surface area contributed by atoms with E-state index in [0.29, 0.717) is 23.6 Å². The van der Waals surface area contributed by atoms with E-state index >= 15 is 0 Å². The third-order valence-corrected chi connectivity index (χ3v) is 3.66. The molecule has 0 aliphatic heterocycles. The first-order valence-electron chi connectivity index (χ1n) is 6.33. The van der Waals surface area contributed by atoms with Crippen LogP contribution in [0.4, 0.5) is 0 Å². The van der Waals surface area contributed by atoms with Crippen LogP contribution in [0.2, 0.25) is 5.02 Å². The van der Waals surface area contributed by atoms with Gasteiger partial charge in [-0.25, -0.2) is 0 Å². The van der Waals surface area contributed by atoms with Gasteiger partial charge < -0.3 is 9.84 Å². The molecule has 1 unspecified atom stereocenters. The number of unbranched alkanes of at least 4 members (excludes halogenated alkanes) is 1. The van der Waals surface area contributed by atoms with E-state index in [1.807, 2.05) is 6.92 Å². The molecule has 0 saturated carbocycles. The molecule has 0 saturated heterocycles. The molecule has 0 aliphatic carbocycles. The molecule has 0 fully saturated rings. The monoisotopic (exact) mass is 348 g/mol. The Kier molecular flexibility index (Phi) is 7.42. The maximum absolute atomic E-state index is 11.4. The Morgan fingerprint density at radius 3 is 2.95 bits per heavy atom. The van der Waals surface area contributed by atoms with Crippen molar-refractivity contribution < 1.29 is 14.6 Å². The summed E-state index contributed by atoms with van der Waals surface area (Å²) < 4.78 is 5.82. The van der Waals surface area contributed by atoms with E-state index in [4.69, 9.17) is 16.3 Å². The summed E-state index contributed by atoms with van der Waals surface area (Å²) in [6.07, 6.45) is 1.65. The predicted octanol–water partition coefficient (Wildman–Crippen LogP) is 4.26. The zero-order valence-corrected chi connectivity index (χ0v) is 13.2. The lowest BCUT2D eigenvalue weighted by atomic mass is 10.1. The number of hydrogen-bond donors (Lipinski definition) is 1. The van der Waals surface area contributed by atoms with Crippen LogP contribution in [-0.4, -0.2) is 17.7 Å². The molecule has 1 N–H and O–H groups in total. The maximum atomic E-state index is 11.4. The molecular weight excluding hydrogens is 332 g/mol. The van der Waals surface area contributed by atoms with Crippen LogP contribution in [-0.2, 0) is 9.53 Å². The first-order chi connectivity index (χ1) is 9.04. The van der Waals surface area contributed by atoms with Crippen molar-refractivity contribution in [2.75, 3.05) is 6.61 Å². The third kappa shape index (κ3) is 5.93. The van der Waals surface area contributed by atoms with Crippen LogP contribution >= 0.6 is 27.5 Å². The molecule has 0 aromatic heterocycles. The van der Waals surface area contributed by atoms with Gasteiger partial charge in [0.15, 0.2) is 0 Å². The molecule has 3 nitrogen and oxygen atoms in total. The molecule has 1 aromatic rings. The van der Waals surface area contributed by atoms with Gasteiger partial charge in [0, 0.05) is 15.9 Å². The Bertz CT molecular complexity index is 423. The van der Waals surface area contributed by atoms with Crippen LogP contribution in [0.3, 0.4) is 0 Å². The minimum atomic E-state index is -0.730. The summed E-state index contributed by atoms with van der Waals surface area (Å²) in [5.74, 6) is -0.273. The lowest BCUT2D eigenvalue weighted by Crippen LogP contribution is -2.08. The summed E-state index contributed by atoms with van der Waals surface area (Å²) in [6.45, 7) is 2.49. The summed E-state index contributed by atoms with van der Waals surface area (Å²) in [5.41, 5.74) is 0.689. The van der Waals surface area contributed by atoms with E-state index in [0.717, 1.165) is 17.3 Å². The SMILES string of the molecule is CCCCOC(=O)CCC(O)c1cc(Cl)ccc1Br. The topological polar surface area (TPSA) is 46.5 Å². The van der Waals surface area contributed by atoms with Crippen LogP contribution in [0.5, 0.6) is 0 Å². The van der Waals surface area contributed by atoms with E-state index in [2.05, 4.69) is 15.9 Å². The van der Waals surface area contributed by atoms with Gasteiger partial charge in [-0.2, -0.15) is 0 Å². The van der Waals surface area contributed by atoms with E-state index in [1.165, 1.54) is 0 Å². The van der Waals surface area contributed by atoms with Gasteiger partial charge in [-0.05, 0) is 36.6 Å². The number of carbonyl (C=O) groups is 1. The molecule has 106 valence electrons. The van der Waals surface area contributed by atoms with Gasteiger partial charge in [0.1, 0.15) is 0 Å². The van der Waals surface area contributed by atoms with Crippen molar-refractivity contribution in [1.29, 1.82) is 0 Å². The zero-order valence-electron chi connectivity index (χ0n) is 10.9. The average molecular weight is 350 g/mol. The number of ether oxygens (including phenoxy) is 1. The predicted molar refractivity (Wildman–Crippen MR) is 79.2 cm³/mol. The number of carbonyl (C=O) groups excluding carboxylic acids is 1. The molecule has 1 atom stereocenters. The molecule has 19 heavy (non-hydrogen) atoms. The summed E-state index contributed by atoms with van der Waals surface area (Å²) in [7, 11) is 0. The van der Waals surface area contributed by atoms with Gasteiger partial charge in [-0.1, -0.05) is 40.9 Å². The van der Waals surface area contributed by atoms with Crippen molar-refractivity contribution in [3.05, 3.63) is 33.3 Å². The van der Waals surface area contributed by atoms with Crippen LogP contribution in [0.25, 0.3) is 0 Å². The molecule has 0 heterocycles. The van der Waals surface area contributed by atoms with Gasteiger partial charge in [0.2, 0.25) is 0 Å². The highest BCUT2D eigenvalue weighted by Crippen LogP contribution is 2.29. The van der Waals surface area contributed by atoms with Crippen LogP contribution in [0, 0.1) is 0 Å². The van der Waals surface area contributed by atoms with Crippen molar-refractivity contribution >= 4 is 33.5 Å². The fourth-order valence-corrected chi connectivity index (χ4v) is 2.27. The standard InChI is InChI=1S/C14H18BrClO3/c1-2-3-8-19-14(18)7-6-13(17)11-9-10(16)4-5-12(11)15/h4-5,9,13,17H,2-3,6-8H2,1H3. The molecular formula is C14H18BrClO3. The number of halogens is 2. The Labute approximate surface area is 127 Å². The summed E-state index contributed by atoms with van der Waals surface area (Å²) in [6, 6.07) is 5.21. The van der Waals surface area contributed by atoms with E-state index in [-0.39, 0.29) is 12.4 Å². The Hall–Kier alpha value is -0.580. The number of esters is 1. The molecule has 5 heteroatoms. The molecule has 1 aromatic carbocycles. The Balaban J connectivity index is 2.44. The third-order valence-electron chi connectivity index (χ3n) is 2.70. The van der Waals surface area contributed by atoms with E-state index in [1.54, 1.807) is 18.2 Å². The molecule has 1 rings (SSSR count). The van der Waals surface area contributed by atoms with Gasteiger partial charge in [0.05, 0.1) is 12.7 Å². The highest BCUT2D eigenvalue weighted by atomic mass is 79.9. The smallest absolute Gasteiger partial charge is 0.305 e. The van der Waals surface area contributed by atoms with Crippen molar-refractivity contribution in [3.8, 4) is 0 Å². The second-order valence-electron chi connectivity index (χ2n) is 4.29. The maximum Gasteiger partial charge on any atom is 0.305 e. The molecule has 0 amide bonds. The minimum Gasteiger partial charge on any atom is -0.466 e. The Morgan fingerprint density at radius 2 is 2.26 bits per heavy atom. The molecule has 0 bridgehead atoms. The number of rotatable bonds is 7. The second kappa shape index (κ2) is 8.56. The van der Waals surface area contributed by atoms with Gasteiger partial charge in [-0.15, -0.1) is 0 Å². The van der Waals surface area contributed by atoms with Crippen molar-refractivity contribution in [1.82, 2.24) is 0 Å². The molecule has 0 aliphatic rings. The molecule has 0 spiro atoms. The largest absolute Gasteiger partial charge is 0.466 e. The highest BCUT2D eigenvalue weighted by Gasteiger charge is 2.14. The highest BCUT2D eigenvalue weighted by molar-refractivity contribution is 9.10. The lowest BCUT2D eigenvalue weighted by molar-refractivity contribution is -0.144. The van der Waals surface area contributed by atoms with Gasteiger partial charge in [-0.3, -0.25) is 4.79 Å². The zero-order chi connectivity index (χ0) is 14.3. The van der Waals surface area contributed by atoms with E-state index < -0.39 is 6.10 Å².